The molecule has 0 amide bonds. The second-order valence-electron chi connectivity index (χ2n) is 3.57. The van der Waals surface area contributed by atoms with E-state index in [9.17, 15) is 13.0 Å². The molecule has 0 saturated heterocycles. The van der Waals surface area contributed by atoms with Crippen LogP contribution in [0.1, 0.15) is 30.9 Å². The zero-order valence-corrected chi connectivity index (χ0v) is 9.45. The van der Waals surface area contributed by atoms with Gasteiger partial charge in [-0.05, 0) is 17.0 Å². The van der Waals surface area contributed by atoms with E-state index in [-0.39, 0.29) is 6.61 Å². The zero-order chi connectivity index (χ0) is 11.5. The summed E-state index contributed by atoms with van der Waals surface area (Å²) in [5, 5.41) is 0. The predicted molar refractivity (Wildman–Crippen MR) is 55.0 cm³/mol. The number of rotatable bonds is 4. The van der Waals surface area contributed by atoms with Crippen molar-refractivity contribution in [2.45, 2.75) is 26.4 Å². The van der Waals surface area contributed by atoms with E-state index >= 15 is 0 Å². The van der Waals surface area contributed by atoms with Gasteiger partial charge in [0.15, 0.2) is 0 Å². The molecule has 5 heteroatoms. The molecule has 0 bridgehead atoms. The summed E-state index contributed by atoms with van der Waals surface area (Å²) in [6.45, 7) is 3.92. The van der Waals surface area contributed by atoms with Gasteiger partial charge in [0.1, 0.15) is 0 Å². The summed E-state index contributed by atoms with van der Waals surface area (Å²) in [6.07, 6.45) is 0. The maximum atomic E-state index is 10.2. The largest absolute Gasteiger partial charge is 0.726 e. The standard InChI is InChI=1S/C10H14O4S/c1-8(2)10-5-3-9(4-6-10)7-14-15(11,12)13/h3-6,8H,7H2,1-2H3,(H,11,12,13)/p-1. The molecule has 4 nitrogen and oxygen atoms in total. The SMILES string of the molecule is CC(C)c1ccc(COS(=O)(=O)[O-])cc1. The Hall–Kier alpha value is -0.910. The summed E-state index contributed by atoms with van der Waals surface area (Å²) in [7, 11) is -4.60. The first-order valence-corrected chi connectivity index (χ1v) is 5.91. The lowest BCUT2D eigenvalue weighted by molar-refractivity contribution is 0.253. The van der Waals surface area contributed by atoms with Gasteiger partial charge >= 0.3 is 0 Å². The van der Waals surface area contributed by atoms with Crippen molar-refractivity contribution in [2.24, 2.45) is 0 Å². The fourth-order valence-electron chi connectivity index (χ4n) is 1.14. The molecule has 0 aromatic heterocycles. The Labute approximate surface area is 89.8 Å². The highest BCUT2D eigenvalue weighted by atomic mass is 32.3. The fourth-order valence-corrected chi connectivity index (χ4v) is 1.42. The first kappa shape index (κ1) is 12.2. The van der Waals surface area contributed by atoms with Gasteiger partial charge in [0.25, 0.3) is 0 Å². The molecule has 1 rings (SSSR count). The van der Waals surface area contributed by atoms with E-state index in [0.29, 0.717) is 11.5 Å². The number of benzene rings is 1. The fraction of sp³-hybridized carbons (Fsp3) is 0.400. The first-order chi connectivity index (χ1) is 6.88. The molecule has 0 N–H and O–H groups in total. The van der Waals surface area contributed by atoms with E-state index < -0.39 is 10.4 Å². The summed E-state index contributed by atoms with van der Waals surface area (Å²) in [6, 6.07) is 7.28. The topological polar surface area (TPSA) is 66.4 Å². The van der Waals surface area contributed by atoms with E-state index in [4.69, 9.17) is 0 Å². The van der Waals surface area contributed by atoms with Gasteiger partial charge in [0.2, 0.25) is 10.4 Å². The van der Waals surface area contributed by atoms with Gasteiger partial charge in [-0.3, -0.25) is 4.18 Å². The molecule has 0 aliphatic heterocycles. The second kappa shape index (κ2) is 4.74. The maximum Gasteiger partial charge on any atom is 0.217 e. The molecule has 0 spiro atoms. The third-order valence-electron chi connectivity index (χ3n) is 2.02. The van der Waals surface area contributed by atoms with Gasteiger partial charge in [0.05, 0.1) is 6.61 Å². The van der Waals surface area contributed by atoms with Crippen LogP contribution in [0.5, 0.6) is 0 Å². The molecule has 0 aliphatic rings. The number of hydrogen-bond donors (Lipinski definition) is 0. The lowest BCUT2D eigenvalue weighted by Crippen LogP contribution is -2.03. The molecule has 0 saturated carbocycles. The molecule has 0 heterocycles. The Morgan fingerprint density at radius 3 is 2.20 bits per heavy atom. The zero-order valence-electron chi connectivity index (χ0n) is 8.64. The van der Waals surface area contributed by atoms with E-state index in [1.54, 1.807) is 12.1 Å². The van der Waals surface area contributed by atoms with Crippen LogP contribution < -0.4 is 0 Å². The van der Waals surface area contributed by atoms with Crippen LogP contribution in [-0.4, -0.2) is 13.0 Å². The molecule has 0 fully saturated rings. The average molecular weight is 229 g/mol. The molecule has 1 aromatic carbocycles. The summed E-state index contributed by atoms with van der Waals surface area (Å²) in [4.78, 5) is 0. The molecule has 0 atom stereocenters. The van der Waals surface area contributed by atoms with Crippen molar-refractivity contribution in [2.75, 3.05) is 0 Å². The highest BCUT2D eigenvalue weighted by molar-refractivity contribution is 7.80. The molecular formula is C10H13O4S-. The predicted octanol–water partition coefficient (Wildman–Crippen LogP) is 1.79. The van der Waals surface area contributed by atoms with Crippen molar-refractivity contribution < 1.29 is 17.2 Å². The van der Waals surface area contributed by atoms with Gasteiger partial charge in [-0.15, -0.1) is 0 Å². The van der Waals surface area contributed by atoms with Crippen molar-refractivity contribution >= 4 is 10.4 Å². The lowest BCUT2D eigenvalue weighted by Gasteiger charge is -2.09. The van der Waals surface area contributed by atoms with E-state index in [2.05, 4.69) is 18.0 Å². The summed E-state index contributed by atoms with van der Waals surface area (Å²) >= 11 is 0. The van der Waals surface area contributed by atoms with Crippen molar-refractivity contribution in [3.8, 4) is 0 Å². The minimum absolute atomic E-state index is 0.204. The number of hydrogen-bond acceptors (Lipinski definition) is 4. The van der Waals surface area contributed by atoms with Crippen LogP contribution >= 0.6 is 0 Å². The summed E-state index contributed by atoms with van der Waals surface area (Å²) < 4.78 is 34.7. The highest BCUT2D eigenvalue weighted by Gasteiger charge is 2.00. The molecule has 84 valence electrons. The molecule has 0 unspecified atom stereocenters. The highest BCUT2D eigenvalue weighted by Crippen LogP contribution is 2.15. The van der Waals surface area contributed by atoms with E-state index in [1.165, 1.54) is 0 Å². The lowest BCUT2D eigenvalue weighted by atomic mass is 10.0. The van der Waals surface area contributed by atoms with Crippen molar-refractivity contribution in [1.29, 1.82) is 0 Å². The van der Waals surface area contributed by atoms with Crippen LogP contribution in [0.25, 0.3) is 0 Å². The Bertz CT molecular complexity index is 406. The second-order valence-corrected chi connectivity index (χ2v) is 4.62. The van der Waals surface area contributed by atoms with Gasteiger partial charge in [-0.1, -0.05) is 38.1 Å². The van der Waals surface area contributed by atoms with Crippen LogP contribution in [0.4, 0.5) is 0 Å². The Kier molecular flexibility index (Phi) is 3.84. The minimum Gasteiger partial charge on any atom is -0.726 e. The quantitative estimate of drug-likeness (QED) is 0.583. The van der Waals surface area contributed by atoms with Gasteiger partial charge in [0, 0.05) is 0 Å². The molecule has 0 aliphatic carbocycles. The van der Waals surface area contributed by atoms with Crippen LogP contribution in [0, 0.1) is 0 Å². The summed E-state index contributed by atoms with van der Waals surface area (Å²) in [5.41, 5.74) is 1.82. The molecular weight excluding hydrogens is 216 g/mol. The minimum atomic E-state index is -4.60. The average Bonchev–Trinajstić information content (AvgIpc) is 2.14. The van der Waals surface area contributed by atoms with E-state index in [0.717, 1.165) is 5.56 Å². The van der Waals surface area contributed by atoms with Crippen LogP contribution in [0.3, 0.4) is 0 Å². The smallest absolute Gasteiger partial charge is 0.217 e. The molecule has 1 aromatic rings. The van der Waals surface area contributed by atoms with Crippen LogP contribution in [0.2, 0.25) is 0 Å². The van der Waals surface area contributed by atoms with Crippen molar-refractivity contribution in [1.82, 2.24) is 0 Å². The van der Waals surface area contributed by atoms with Gasteiger partial charge < -0.3 is 4.55 Å². The van der Waals surface area contributed by atoms with Gasteiger partial charge in [-0.2, -0.15) is 0 Å². The Morgan fingerprint density at radius 1 is 1.27 bits per heavy atom. The van der Waals surface area contributed by atoms with Crippen molar-refractivity contribution in [3.63, 3.8) is 0 Å². The third kappa shape index (κ3) is 4.42. The van der Waals surface area contributed by atoms with Gasteiger partial charge in [-0.25, -0.2) is 8.42 Å². The Morgan fingerprint density at radius 2 is 1.80 bits per heavy atom. The normalized spacial score (nSPS) is 12.0. The summed E-state index contributed by atoms with van der Waals surface area (Å²) in [5.74, 6) is 0.420. The van der Waals surface area contributed by atoms with Crippen molar-refractivity contribution in [3.05, 3.63) is 35.4 Å². The molecule has 0 radical (unpaired) electrons. The van der Waals surface area contributed by atoms with Crippen LogP contribution in [-0.2, 0) is 21.2 Å². The third-order valence-corrected chi connectivity index (χ3v) is 2.42. The monoisotopic (exact) mass is 229 g/mol. The van der Waals surface area contributed by atoms with Crippen LogP contribution in [0.15, 0.2) is 24.3 Å². The Balaban J connectivity index is 2.65. The molecule has 15 heavy (non-hydrogen) atoms. The maximum absolute atomic E-state index is 10.2. The first-order valence-electron chi connectivity index (χ1n) is 4.57. The van der Waals surface area contributed by atoms with E-state index in [1.807, 2.05) is 12.1 Å².